The predicted octanol–water partition coefficient (Wildman–Crippen LogP) is 2.55. The molecule has 3 heteroatoms. The van der Waals surface area contributed by atoms with Crippen molar-refractivity contribution in [2.45, 2.75) is 18.9 Å². The number of methoxy groups -OCH3 is 1. The summed E-state index contributed by atoms with van der Waals surface area (Å²) in [6.45, 7) is 0. The maximum atomic E-state index is 10.1. The smallest absolute Gasteiger partial charge is 0.122 e. The Morgan fingerprint density at radius 3 is 2.37 bits per heavy atom. The molecule has 0 radical (unpaired) electrons. The Morgan fingerprint density at radius 1 is 1.00 bits per heavy atom. The van der Waals surface area contributed by atoms with Crippen molar-refractivity contribution < 1.29 is 14.9 Å². The lowest BCUT2D eigenvalue weighted by Crippen LogP contribution is -2.14. The molecule has 2 aromatic rings. The maximum Gasteiger partial charge on any atom is 0.122 e. The van der Waals surface area contributed by atoms with Crippen molar-refractivity contribution >= 4 is 0 Å². The van der Waals surface area contributed by atoms with Crippen molar-refractivity contribution in [3.63, 3.8) is 0 Å². The third kappa shape index (κ3) is 3.73. The van der Waals surface area contributed by atoms with Gasteiger partial charge in [0.25, 0.3) is 0 Å². The van der Waals surface area contributed by atoms with Gasteiger partial charge in [-0.1, -0.05) is 30.3 Å². The van der Waals surface area contributed by atoms with Gasteiger partial charge in [0.1, 0.15) is 11.5 Å². The van der Waals surface area contributed by atoms with Crippen LogP contribution in [0.2, 0.25) is 0 Å². The summed E-state index contributed by atoms with van der Waals surface area (Å²) < 4.78 is 5.27. The topological polar surface area (TPSA) is 49.7 Å². The molecular formula is C16H18O3. The lowest BCUT2D eigenvalue weighted by atomic mass is 10.0. The molecule has 0 heterocycles. The molecule has 0 aliphatic rings. The van der Waals surface area contributed by atoms with Gasteiger partial charge in [-0.15, -0.1) is 0 Å². The lowest BCUT2D eigenvalue weighted by Gasteiger charge is -2.13. The van der Waals surface area contributed by atoms with Gasteiger partial charge in [-0.05, 0) is 35.7 Å². The molecule has 0 saturated heterocycles. The number of hydrogen-bond acceptors (Lipinski definition) is 3. The summed E-state index contributed by atoms with van der Waals surface area (Å²) >= 11 is 0. The largest absolute Gasteiger partial charge is 0.508 e. The van der Waals surface area contributed by atoms with E-state index >= 15 is 0 Å². The summed E-state index contributed by atoms with van der Waals surface area (Å²) in [5.41, 5.74) is 2.00. The molecule has 2 N–H and O–H groups in total. The molecule has 0 bridgehead atoms. The first kappa shape index (κ1) is 13.4. The highest BCUT2D eigenvalue weighted by atomic mass is 16.5. The molecule has 0 aromatic heterocycles. The molecule has 2 rings (SSSR count). The molecule has 3 nitrogen and oxygen atoms in total. The second kappa shape index (κ2) is 6.25. The van der Waals surface area contributed by atoms with Crippen molar-refractivity contribution in [3.8, 4) is 11.5 Å². The quantitative estimate of drug-likeness (QED) is 0.866. The molecule has 0 aliphatic heterocycles. The highest BCUT2D eigenvalue weighted by Crippen LogP contribution is 2.20. The van der Waals surface area contributed by atoms with E-state index in [4.69, 9.17) is 4.74 Å². The fraction of sp³-hybridized carbons (Fsp3) is 0.250. The summed E-state index contributed by atoms with van der Waals surface area (Å²) in [7, 11) is 1.63. The number of para-hydroxylation sites is 1. The predicted molar refractivity (Wildman–Crippen MR) is 74.5 cm³/mol. The van der Waals surface area contributed by atoms with Gasteiger partial charge in [0.2, 0.25) is 0 Å². The molecule has 1 unspecified atom stereocenters. The fourth-order valence-electron chi connectivity index (χ4n) is 2.10. The Bertz CT molecular complexity index is 520. The maximum absolute atomic E-state index is 10.1. The number of aliphatic hydroxyl groups is 1. The SMILES string of the molecule is COc1ccccc1CC(O)Cc1ccc(O)cc1. The number of rotatable bonds is 5. The summed E-state index contributed by atoms with van der Waals surface area (Å²) in [5, 5.41) is 19.3. The van der Waals surface area contributed by atoms with Gasteiger partial charge in [-0.3, -0.25) is 0 Å². The lowest BCUT2D eigenvalue weighted by molar-refractivity contribution is 0.174. The van der Waals surface area contributed by atoms with Gasteiger partial charge in [0.15, 0.2) is 0 Å². The van der Waals surface area contributed by atoms with Crippen LogP contribution in [-0.4, -0.2) is 23.4 Å². The van der Waals surface area contributed by atoms with Crippen molar-refractivity contribution in [3.05, 3.63) is 59.7 Å². The van der Waals surface area contributed by atoms with Crippen LogP contribution in [0.3, 0.4) is 0 Å². The van der Waals surface area contributed by atoms with E-state index in [-0.39, 0.29) is 5.75 Å². The standard InChI is InChI=1S/C16H18O3/c1-19-16-5-3-2-4-13(16)11-15(18)10-12-6-8-14(17)9-7-12/h2-9,15,17-18H,10-11H2,1H3. The highest BCUT2D eigenvalue weighted by molar-refractivity contribution is 5.34. The highest BCUT2D eigenvalue weighted by Gasteiger charge is 2.10. The molecule has 0 amide bonds. The number of aromatic hydroxyl groups is 1. The van der Waals surface area contributed by atoms with E-state index < -0.39 is 6.10 Å². The first-order valence-corrected chi connectivity index (χ1v) is 6.27. The average molecular weight is 258 g/mol. The zero-order valence-corrected chi connectivity index (χ0v) is 10.9. The number of phenols is 1. The monoisotopic (exact) mass is 258 g/mol. The van der Waals surface area contributed by atoms with Crippen LogP contribution in [0, 0.1) is 0 Å². The van der Waals surface area contributed by atoms with Crippen LogP contribution in [0.1, 0.15) is 11.1 Å². The van der Waals surface area contributed by atoms with Crippen molar-refractivity contribution in [2.24, 2.45) is 0 Å². The van der Waals surface area contributed by atoms with Crippen LogP contribution in [0.4, 0.5) is 0 Å². The van der Waals surface area contributed by atoms with Crippen LogP contribution in [-0.2, 0) is 12.8 Å². The van der Waals surface area contributed by atoms with E-state index in [0.29, 0.717) is 12.8 Å². The van der Waals surface area contributed by atoms with Crippen LogP contribution < -0.4 is 4.74 Å². The molecule has 0 saturated carbocycles. The van der Waals surface area contributed by atoms with Crippen LogP contribution >= 0.6 is 0 Å². The molecule has 0 fully saturated rings. The van der Waals surface area contributed by atoms with Gasteiger partial charge in [0.05, 0.1) is 13.2 Å². The number of phenolic OH excluding ortho intramolecular Hbond substituents is 1. The first-order chi connectivity index (χ1) is 9.19. The second-order valence-corrected chi connectivity index (χ2v) is 4.54. The van der Waals surface area contributed by atoms with Crippen molar-refractivity contribution in [2.75, 3.05) is 7.11 Å². The van der Waals surface area contributed by atoms with E-state index in [1.165, 1.54) is 0 Å². The van der Waals surface area contributed by atoms with Crippen molar-refractivity contribution in [1.82, 2.24) is 0 Å². The normalized spacial score (nSPS) is 12.1. The number of hydrogen-bond donors (Lipinski definition) is 2. The van der Waals surface area contributed by atoms with E-state index in [2.05, 4.69) is 0 Å². The Labute approximate surface area is 113 Å². The number of benzene rings is 2. The third-order valence-electron chi connectivity index (χ3n) is 3.06. The zero-order chi connectivity index (χ0) is 13.7. The van der Waals surface area contributed by atoms with Gasteiger partial charge in [0, 0.05) is 6.42 Å². The molecule has 0 aliphatic carbocycles. The fourth-order valence-corrected chi connectivity index (χ4v) is 2.10. The molecule has 100 valence electrons. The van der Waals surface area contributed by atoms with E-state index in [9.17, 15) is 10.2 Å². The van der Waals surface area contributed by atoms with Gasteiger partial charge >= 0.3 is 0 Å². The number of aliphatic hydroxyl groups excluding tert-OH is 1. The van der Waals surface area contributed by atoms with Gasteiger partial charge in [-0.25, -0.2) is 0 Å². The molecule has 1 atom stereocenters. The minimum Gasteiger partial charge on any atom is -0.508 e. The van der Waals surface area contributed by atoms with Crippen molar-refractivity contribution in [1.29, 1.82) is 0 Å². The Morgan fingerprint density at radius 2 is 1.68 bits per heavy atom. The van der Waals surface area contributed by atoms with Crippen LogP contribution in [0.5, 0.6) is 11.5 Å². The van der Waals surface area contributed by atoms with Crippen LogP contribution in [0.25, 0.3) is 0 Å². The summed E-state index contributed by atoms with van der Waals surface area (Å²) in [6, 6.07) is 14.6. The summed E-state index contributed by atoms with van der Waals surface area (Å²) in [6.07, 6.45) is 0.629. The first-order valence-electron chi connectivity index (χ1n) is 6.27. The minimum absolute atomic E-state index is 0.239. The summed E-state index contributed by atoms with van der Waals surface area (Å²) in [5.74, 6) is 1.04. The Hall–Kier alpha value is -2.00. The molecule has 2 aromatic carbocycles. The van der Waals surface area contributed by atoms with Gasteiger partial charge < -0.3 is 14.9 Å². The summed E-state index contributed by atoms with van der Waals surface area (Å²) in [4.78, 5) is 0. The zero-order valence-electron chi connectivity index (χ0n) is 10.9. The van der Waals surface area contributed by atoms with Gasteiger partial charge in [-0.2, -0.15) is 0 Å². The van der Waals surface area contributed by atoms with E-state index in [1.807, 2.05) is 36.4 Å². The second-order valence-electron chi connectivity index (χ2n) is 4.54. The molecule has 0 spiro atoms. The molecule has 19 heavy (non-hydrogen) atoms. The van der Waals surface area contributed by atoms with E-state index in [1.54, 1.807) is 19.2 Å². The minimum atomic E-state index is -0.471. The van der Waals surface area contributed by atoms with Crippen LogP contribution in [0.15, 0.2) is 48.5 Å². The van der Waals surface area contributed by atoms with E-state index in [0.717, 1.165) is 16.9 Å². The third-order valence-corrected chi connectivity index (χ3v) is 3.06. The Kier molecular flexibility index (Phi) is 4.42. The number of ether oxygens (including phenoxy) is 1. The molecular weight excluding hydrogens is 240 g/mol. The Balaban J connectivity index is 2.01. The average Bonchev–Trinajstić information content (AvgIpc) is 2.42.